The first kappa shape index (κ1) is 16.7. The van der Waals surface area contributed by atoms with Crippen LogP contribution in [0.5, 0.6) is 0 Å². The molecule has 24 heavy (non-hydrogen) atoms. The van der Waals surface area contributed by atoms with E-state index in [2.05, 4.69) is 4.98 Å². The summed E-state index contributed by atoms with van der Waals surface area (Å²) in [4.78, 5) is 32.3. The Morgan fingerprint density at radius 2 is 1.75 bits per heavy atom. The van der Waals surface area contributed by atoms with Gasteiger partial charge in [-0.05, 0) is 30.9 Å². The first-order valence-corrected chi connectivity index (χ1v) is 8.84. The van der Waals surface area contributed by atoms with Gasteiger partial charge in [-0.25, -0.2) is 4.98 Å². The molecule has 128 valence electrons. The summed E-state index contributed by atoms with van der Waals surface area (Å²) >= 11 is 0. The first-order chi connectivity index (χ1) is 11.6. The van der Waals surface area contributed by atoms with E-state index >= 15 is 0 Å². The van der Waals surface area contributed by atoms with Crippen LogP contribution in [0.4, 0.5) is 0 Å². The Balaban J connectivity index is 2.00. The minimum Gasteiger partial charge on any atom is -0.341 e. The number of carbonyl (C=O) groups excluding carboxylic acids is 1. The maximum Gasteiger partial charge on any atom is 0.261 e. The highest BCUT2D eigenvalue weighted by Crippen LogP contribution is 2.22. The quantitative estimate of drug-likeness (QED) is 0.871. The van der Waals surface area contributed by atoms with Gasteiger partial charge in [0, 0.05) is 13.1 Å². The van der Waals surface area contributed by atoms with Crippen LogP contribution in [0.25, 0.3) is 10.9 Å². The van der Waals surface area contributed by atoms with Crippen LogP contribution >= 0.6 is 0 Å². The predicted molar refractivity (Wildman–Crippen MR) is 94.9 cm³/mol. The lowest BCUT2D eigenvalue weighted by Crippen LogP contribution is -2.43. The van der Waals surface area contributed by atoms with Crippen LogP contribution in [-0.2, 0) is 4.79 Å². The Bertz CT molecular complexity index is 774. The topological polar surface area (TPSA) is 55.2 Å². The fourth-order valence-electron chi connectivity index (χ4n) is 3.48. The molecule has 2 heterocycles. The fraction of sp³-hybridized carbons (Fsp3) is 0.526. The SMILES string of the molecule is CC(C)[C@H](C(=O)N1CCCCCC1)n1cnc2ccccc2c1=O. The van der Waals surface area contributed by atoms with Crippen LogP contribution in [0.1, 0.15) is 45.6 Å². The largest absolute Gasteiger partial charge is 0.341 e. The van der Waals surface area contributed by atoms with Crippen molar-refractivity contribution < 1.29 is 4.79 Å². The van der Waals surface area contributed by atoms with Crippen molar-refractivity contribution in [3.63, 3.8) is 0 Å². The summed E-state index contributed by atoms with van der Waals surface area (Å²) in [5.41, 5.74) is 0.533. The van der Waals surface area contributed by atoms with E-state index in [9.17, 15) is 9.59 Å². The van der Waals surface area contributed by atoms with Gasteiger partial charge in [0.25, 0.3) is 5.56 Å². The molecule has 1 aliphatic heterocycles. The van der Waals surface area contributed by atoms with Gasteiger partial charge < -0.3 is 4.90 Å². The van der Waals surface area contributed by atoms with Crippen molar-refractivity contribution in [2.24, 2.45) is 5.92 Å². The molecule has 1 aromatic heterocycles. The third-order valence-electron chi connectivity index (χ3n) is 4.79. The summed E-state index contributed by atoms with van der Waals surface area (Å²) in [6, 6.07) is 6.79. The Morgan fingerprint density at radius 1 is 1.08 bits per heavy atom. The van der Waals surface area contributed by atoms with E-state index in [4.69, 9.17) is 0 Å². The number of fused-ring (bicyclic) bond motifs is 1. The average molecular weight is 327 g/mol. The van der Waals surface area contributed by atoms with Gasteiger partial charge in [0.2, 0.25) is 5.91 Å². The van der Waals surface area contributed by atoms with E-state index in [0.717, 1.165) is 25.9 Å². The Labute approximate surface area is 142 Å². The Hall–Kier alpha value is -2.17. The third-order valence-corrected chi connectivity index (χ3v) is 4.79. The van der Waals surface area contributed by atoms with Crippen molar-refractivity contribution in [1.82, 2.24) is 14.5 Å². The highest BCUT2D eigenvalue weighted by Gasteiger charge is 2.30. The van der Waals surface area contributed by atoms with Gasteiger partial charge in [0.15, 0.2) is 0 Å². The lowest BCUT2D eigenvalue weighted by atomic mass is 10.0. The molecule has 1 amide bonds. The molecule has 0 saturated carbocycles. The number of aromatic nitrogens is 2. The van der Waals surface area contributed by atoms with Crippen LogP contribution in [-0.4, -0.2) is 33.4 Å². The molecule has 3 rings (SSSR count). The lowest BCUT2D eigenvalue weighted by molar-refractivity contribution is -0.136. The molecule has 1 atom stereocenters. The number of rotatable bonds is 3. The third kappa shape index (κ3) is 3.21. The second-order valence-corrected chi connectivity index (χ2v) is 6.90. The van der Waals surface area contributed by atoms with Gasteiger partial charge >= 0.3 is 0 Å². The molecule has 1 saturated heterocycles. The number of benzene rings is 1. The van der Waals surface area contributed by atoms with Crippen LogP contribution in [0, 0.1) is 5.92 Å². The van der Waals surface area contributed by atoms with E-state index < -0.39 is 6.04 Å². The average Bonchev–Trinajstić information content (AvgIpc) is 2.86. The molecule has 0 bridgehead atoms. The molecule has 0 spiro atoms. The molecule has 0 N–H and O–H groups in total. The fourth-order valence-corrected chi connectivity index (χ4v) is 3.48. The van der Waals surface area contributed by atoms with Gasteiger partial charge in [0.1, 0.15) is 6.04 Å². The molecular formula is C19H25N3O2. The van der Waals surface area contributed by atoms with Crippen molar-refractivity contribution >= 4 is 16.8 Å². The molecule has 1 aromatic carbocycles. The van der Waals surface area contributed by atoms with Gasteiger partial charge in [-0.2, -0.15) is 0 Å². The Morgan fingerprint density at radius 3 is 2.42 bits per heavy atom. The summed E-state index contributed by atoms with van der Waals surface area (Å²) in [5.74, 6) is 0.0764. The molecule has 0 unspecified atom stereocenters. The number of hydrogen-bond acceptors (Lipinski definition) is 3. The van der Waals surface area contributed by atoms with Gasteiger partial charge in [-0.15, -0.1) is 0 Å². The zero-order valence-corrected chi connectivity index (χ0v) is 14.4. The smallest absolute Gasteiger partial charge is 0.261 e. The molecule has 1 fully saturated rings. The zero-order chi connectivity index (χ0) is 17.1. The van der Waals surface area contributed by atoms with E-state index in [1.807, 2.05) is 36.9 Å². The second kappa shape index (κ2) is 7.16. The number of likely N-dealkylation sites (tertiary alicyclic amines) is 1. The van der Waals surface area contributed by atoms with Crippen molar-refractivity contribution in [3.8, 4) is 0 Å². The van der Waals surface area contributed by atoms with Crippen molar-refractivity contribution in [1.29, 1.82) is 0 Å². The number of hydrogen-bond donors (Lipinski definition) is 0. The Kier molecular flexibility index (Phi) is 4.97. The number of para-hydroxylation sites is 1. The minimum atomic E-state index is -0.493. The summed E-state index contributed by atoms with van der Waals surface area (Å²) < 4.78 is 1.53. The van der Waals surface area contributed by atoms with Crippen molar-refractivity contribution in [2.45, 2.75) is 45.6 Å². The van der Waals surface area contributed by atoms with Crippen LogP contribution in [0.3, 0.4) is 0 Å². The molecule has 0 radical (unpaired) electrons. The lowest BCUT2D eigenvalue weighted by Gasteiger charge is -2.29. The minimum absolute atomic E-state index is 0.0291. The maximum atomic E-state index is 13.1. The normalized spacial score (nSPS) is 17.0. The highest BCUT2D eigenvalue weighted by molar-refractivity contribution is 5.82. The van der Waals surface area contributed by atoms with Gasteiger partial charge in [-0.3, -0.25) is 14.2 Å². The number of nitrogens with zero attached hydrogens (tertiary/aromatic N) is 3. The van der Waals surface area contributed by atoms with Crippen LogP contribution in [0.2, 0.25) is 0 Å². The molecule has 5 nitrogen and oxygen atoms in total. The molecule has 5 heteroatoms. The van der Waals surface area contributed by atoms with E-state index in [1.165, 1.54) is 23.7 Å². The van der Waals surface area contributed by atoms with Crippen molar-refractivity contribution in [3.05, 3.63) is 40.9 Å². The standard InChI is InChI=1S/C19H25N3O2/c1-14(2)17(19(24)21-11-7-3-4-8-12-21)22-13-20-16-10-6-5-9-15(16)18(22)23/h5-6,9-10,13-14,17H,3-4,7-8,11-12H2,1-2H3/t17-/m1/s1. The highest BCUT2D eigenvalue weighted by atomic mass is 16.2. The molecule has 1 aliphatic rings. The van der Waals surface area contributed by atoms with Crippen molar-refractivity contribution in [2.75, 3.05) is 13.1 Å². The predicted octanol–water partition coefficient (Wildman–Crippen LogP) is 3.00. The summed E-state index contributed by atoms with van der Waals surface area (Å²) in [7, 11) is 0. The second-order valence-electron chi connectivity index (χ2n) is 6.90. The van der Waals surface area contributed by atoms with E-state index in [1.54, 1.807) is 6.07 Å². The maximum absolute atomic E-state index is 13.1. The van der Waals surface area contributed by atoms with E-state index in [0.29, 0.717) is 10.9 Å². The zero-order valence-electron chi connectivity index (χ0n) is 14.4. The summed E-state index contributed by atoms with van der Waals surface area (Å²) in [6.07, 6.45) is 5.97. The van der Waals surface area contributed by atoms with Gasteiger partial charge in [0.05, 0.1) is 17.2 Å². The molecule has 0 aliphatic carbocycles. The molecule has 2 aromatic rings. The van der Waals surface area contributed by atoms with Crippen LogP contribution in [0.15, 0.2) is 35.4 Å². The monoisotopic (exact) mass is 327 g/mol. The van der Waals surface area contributed by atoms with Gasteiger partial charge in [-0.1, -0.05) is 38.8 Å². The summed E-state index contributed by atoms with van der Waals surface area (Å²) in [5, 5.41) is 0.564. The molecular weight excluding hydrogens is 302 g/mol. The van der Waals surface area contributed by atoms with E-state index in [-0.39, 0.29) is 17.4 Å². The van der Waals surface area contributed by atoms with Crippen LogP contribution < -0.4 is 5.56 Å². The number of carbonyl (C=O) groups is 1. The number of amides is 1. The summed E-state index contributed by atoms with van der Waals surface area (Å²) in [6.45, 7) is 5.56. The first-order valence-electron chi connectivity index (χ1n) is 8.84.